The number of rotatable bonds is 6. The molecule has 0 saturated heterocycles. The molecular formula is C17H14Cl2INO2. The fourth-order valence-corrected chi connectivity index (χ4v) is 3.06. The molecule has 2 rings (SSSR count). The zero-order valence-electron chi connectivity index (χ0n) is 12.3. The summed E-state index contributed by atoms with van der Waals surface area (Å²) in [5, 5.41) is 4.34. The van der Waals surface area contributed by atoms with Crippen molar-refractivity contribution in [1.29, 1.82) is 0 Å². The molecule has 0 unspecified atom stereocenters. The number of hydrogen-bond acceptors (Lipinski definition) is 3. The van der Waals surface area contributed by atoms with Gasteiger partial charge >= 0.3 is 0 Å². The van der Waals surface area contributed by atoms with Crippen LogP contribution in [0.15, 0.2) is 30.3 Å². The average molecular weight is 462 g/mol. The van der Waals surface area contributed by atoms with Crippen LogP contribution in [0.4, 0.5) is 5.69 Å². The van der Waals surface area contributed by atoms with Crippen LogP contribution in [-0.2, 0) is 6.54 Å². The normalized spacial score (nSPS) is 10.0. The average Bonchev–Trinajstić information content (AvgIpc) is 2.54. The lowest BCUT2D eigenvalue weighted by Gasteiger charge is -2.14. The molecule has 3 nitrogen and oxygen atoms in total. The van der Waals surface area contributed by atoms with Crippen LogP contribution in [-0.4, -0.2) is 13.7 Å². The molecular weight excluding hydrogens is 448 g/mol. The highest BCUT2D eigenvalue weighted by atomic mass is 127. The van der Waals surface area contributed by atoms with E-state index >= 15 is 0 Å². The van der Waals surface area contributed by atoms with E-state index in [4.69, 9.17) is 39.1 Å². The zero-order chi connectivity index (χ0) is 16.8. The number of anilines is 1. The summed E-state index contributed by atoms with van der Waals surface area (Å²) < 4.78 is 11.9. The van der Waals surface area contributed by atoms with Crippen molar-refractivity contribution in [1.82, 2.24) is 0 Å². The quantitative estimate of drug-likeness (QED) is 0.472. The third kappa shape index (κ3) is 4.84. The number of ether oxygens (including phenoxy) is 2. The Bertz CT molecular complexity index is 744. The van der Waals surface area contributed by atoms with Crippen LogP contribution in [0.2, 0.25) is 10.0 Å². The van der Waals surface area contributed by atoms with Gasteiger partial charge in [-0.25, -0.2) is 0 Å². The summed E-state index contributed by atoms with van der Waals surface area (Å²) in [7, 11) is 1.60. The number of hydrogen-bond donors (Lipinski definition) is 1. The van der Waals surface area contributed by atoms with Crippen molar-refractivity contribution in [2.24, 2.45) is 0 Å². The predicted octanol–water partition coefficient (Wildman–Crippen LogP) is 5.23. The lowest BCUT2D eigenvalue weighted by Crippen LogP contribution is -2.03. The lowest BCUT2D eigenvalue weighted by atomic mass is 10.2. The smallest absolute Gasteiger partial charge is 0.175 e. The van der Waals surface area contributed by atoms with Crippen molar-refractivity contribution in [2.45, 2.75) is 6.54 Å². The van der Waals surface area contributed by atoms with Crippen molar-refractivity contribution < 1.29 is 9.47 Å². The van der Waals surface area contributed by atoms with E-state index in [0.717, 1.165) is 14.8 Å². The third-order valence-corrected chi connectivity index (χ3v) is 4.55. The van der Waals surface area contributed by atoms with Gasteiger partial charge in [0.2, 0.25) is 0 Å². The lowest BCUT2D eigenvalue weighted by molar-refractivity contribution is 0.328. The van der Waals surface area contributed by atoms with Crippen molar-refractivity contribution in [3.05, 3.63) is 49.5 Å². The SMILES string of the molecule is C#CCOc1c(I)cc(CNc2ccc(Cl)c(Cl)c2)cc1OC. The van der Waals surface area contributed by atoms with Gasteiger partial charge in [0.1, 0.15) is 6.61 Å². The molecule has 120 valence electrons. The summed E-state index contributed by atoms with van der Waals surface area (Å²) in [4.78, 5) is 0. The van der Waals surface area contributed by atoms with E-state index in [9.17, 15) is 0 Å². The van der Waals surface area contributed by atoms with Crippen LogP contribution in [0.3, 0.4) is 0 Å². The molecule has 0 heterocycles. The molecule has 0 aliphatic carbocycles. The van der Waals surface area contributed by atoms with Gasteiger partial charge in [-0.3, -0.25) is 0 Å². The summed E-state index contributed by atoms with van der Waals surface area (Å²) in [6, 6.07) is 9.35. The van der Waals surface area contributed by atoms with Crippen LogP contribution in [0.5, 0.6) is 11.5 Å². The Balaban J connectivity index is 2.15. The monoisotopic (exact) mass is 461 g/mol. The van der Waals surface area contributed by atoms with Crippen LogP contribution >= 0.6 is 45.8 Å². The summed E-state index contributed by atoms with van der Waals surface area (Å²) in [6.45, 7) is 0.812. The molecule has 1 N–H and O–H groups in total. The first kappa shape index (κ1) is 18.1. The maximum absolute atomic E-state index is 6.01. The first-order valence-corrected chi connectivity index (χ1v) is 8.50. The van der Waals surface area contributed by atoms with Gasteiger partial charge in [0.25, 0.3) is 0 Å². The maximum Gasteiger partial charge on any atom is 0.175 e. The van der Waals surface area contributed by atoms with Gasteiger partial charge in [-0.1, -0.05) is 29.1 Å². The summed E-state index contributed by atoms with van der Waals surface area (Å²) in [5.41, 5.74) is 1.94. The van der Waals surface area contributed by atoms with E-state index in [1.165, 1.54) is 0 Å². The van der Waals surface area contributed by atoms with Crippen molar-refractivity contribution in [3.8, 4) is 23.8 Å². The van der Waals surface area contributed by atoms with E-state index in [-0.39, 0.29) is 6.61 Å². The van der Waals surface area contributed by atoms with E-state index in [2.05, 4.69) is 33.8 Å². The molecule has 2 aromatic rings. The Kier molecular flexibility index (Phi) is 6.70. The van der Waals surface area contributed by atoms with E-state index in [0.29, 0.717) is 28.1 Å². The highest BCUT2D eigenvalue weighted by Gasteiger charge is 2.11. The largest absolute Gasteiger partial charge is 0.493 e. The number of methoxy groups -OCH3 is 1. The molecule has 0 aliphatic rings. The second kappa shape index (κ2) is 8.53. The molecule has 23 heavy (non-hydrogen) atoms. The van der Waals surface area contributed by atoms with Gasteiger partial charge in [-0.15, -0.1) is 6.42 Å². The second-order valence-corrected chi connectivity index (χ2v) is 6.56. The first-order chi connectivity index (χ1) is 11.0. The molecule has 0 bridgehead atoms. The predicted molar refractivity (Wildman–Crippen MR) is 104 cm³/mol. The topological polar surface area (TPSA) is 30.5 Å². The van der Waals surface area contributed by atoms with Gasteiger partial charge in [-0.05, 0) is 58.5 Å². The van der Waals surface area contributed by atoms with E-state index in [1.807, 2.05) is 18.2 Å². The Morgan fingerprint density at radius 2 is 2.00 bits per heavy atom. The Labute approximate surface area is 159 Å². The fourth-order valence-electron chi connectivity index (χ4n) is 1.94. The Morgan fingerprint density at radius 1 is 1.22 bits per heavy atom. The molecule has 2 aromatic carbocycles. The molecule has 0 radical (unpaired) electrons. The van der Waals surface area contributed by atoms with E-state index < -0.39 is 0 Å². The van der Waals surface area contributed by atoms with Crippen LogP contribution < -0.4 is 14.8 Å². The molecule has 6 heteroatoms. The summed E-state index contributed by atoms with van der Waals surface area (Å²) in [5.74, 6) is 3.76. The standard InChI is InChI=1S/C17H14Cl2INO2/c1-3-6-23-17-15(20)7-11(8-16(17)22-2)10-21-12-4-5-13(18)14(19)9-12/h1,4-5,7-9,21H,6,10H2,2H3. The molecule has 0 fully saturated rings. The number of terminal acetylenes is 1. The fraction of sp³-hybridized carbons (Fsp3) is 0.176. The van der Waals surface area contributed by atoms with Gasteiger partial charge in [-0.2, -0.15) is 0 Å². The van der Waals surface area contributed by atoms with Crippen LogP contribution in [0.25, 0.3) is 0 Å². The van der Waals surface area contributed by atoms with Crippen molar-refractivity contribution in [3.63, 3.8) is 0 Å². The minimum absolute atomic E-state index is 0.202. The van der Waals surface area contributed by atoms with Gasteiger partial charge in [0.15, 0.2) is 11.5 Å². The van der Waals surface area contributed by atoms with Crippen LogP contribution in [0.1, 0.15) is 5.56 Å². The van der Waals surface area contributed by atoms with Gasteiger partial charge in [0, 0.05) is 12.2 Å². The summed E-state index contributed by atoms with van der Waals surface area (Å²) in [6.07, 6.45) is 5.23. The summed E-state index contributed by atoms with van der Waals surface area (Å²) >= 11 is 14.1. The molecule has 0 aliphatic heterocycles. The number of halogens is 3. The Hall–Kier alpha value is -1.29. The van der Waals surface area contributed by atoms with Gasteiger partial charge in [0.05, 0.1) is 20.7 Å². The second-order valence-electron chi connectivity index (χ2n) is 4.58. The molecule has 0 amide bonds. The maximum atomic E-state index is 6.01. The molecule has 0 atom stereocenters. The molecule has 0 saturated carbocycles. The highest BCUT2D eigenvalue weighted by Crippen LogP contribution is 2.34. The van der Waals surface area contributed by atoms with E-state index in [1.54, 1.807) is 19.2 Å². The molecule has 0 spiro atoms. The zero-order valence-corrected chi connectivity index (χ0v) is 16.0. The minimum atomic E-state index is 0.202. The highest BCUT2D eigenvalue weighted by molar-refractivity contribution is 14.1. The van der Waals surface area contributed by atoms with Crippen LogP contribution in [0, 0.1) is 15.9 Å². The third-order valence-electron chi connectivity index (χ3n) is 3.01. The van der Waals surface area contributed by atoms with Crippen molar-refractivity contribution in [2.75, 3.05) is 19.0 Å². The molecule has 0 aromatic heterocycles. The number of nitrogens with one attached hydrogen (secondary N) is 1. The van der Waals surface area contributed by atoms with Gasteiger partial charge < -0.3 is 14.8 Å². The first-order valence-electron chi connectivity index (χ1n) is 6.66. The Morgan fingerprint density at radius 3 is 2.65 bits per heavy atom. The minimum Gasteiger partial charge on any atom is -0.493 e. The number of benzene rings is 2. The van der Waals surface area contributed by atoms with Crippen molar-refractivity contribution >= 4 is 51.5 Å².